The number of piperidine rings is 1. The Morgan fingerprint density at radius 2 is 1.64 bits per heavy atom. The number of thiazole rings is 1. The normalized spacial score (nSPS) is 16.1. The number of benzene rings is 2. The molecule has 23 heteroatoms. The first-order valence-electron chi connectivity index (χ1n) is 22.0. The lowest BCUT2D eigenvalue weighted by atomic mass is 10.0. The minimum Gasteiger partial charge on any atom is -0.382 e. The van der Waals surface area contributed by atoms with E-state index in [1.165, 1.54) is 35.9 Å². The highest BCUT2D eigenvalue weighted by molar-refractivity contribution is 7.89. The predicted octanol–water partition coefficient (Wildman–Crippen LogP) is 2.44. The molecule has 2 aromatic carbocycles. The number of pyridine rings is 1. The van der Waals surface area contributed by atoms with Gasteiger partial charge in [0, 0.05) is 74.4 Å². The number of rotatable bonds is 19. The van der Waals surface area contributed by atoms with Gasteiger partial charge in [-0.3, -0.25) is 47.8 Å². The summed E-state index contributed by atoms with van der Waals surface area (Å²) in [6.07, 6.45) is 5.54. The predicted molar refractivity (Wildman–Crippen MR) is 253 cm³/mol. The van der Waals surface area contributed by atoms with Crippen LogP contribution in [0.5, 0.6) is 0 Å². The molecule has 0 aliphatic carbocycles. The fourth-order valence-corrected chi connectivity index (χ4v) is 9.30. The van der Waals surface area contributed by atoms with Crippen LogP contribution >= 0.6 is 11.3 Å². The first-order valence-corrected chi connectivity index (χ1v) is 24.7. The van der Waals surface area contributed by atoms with Crippen molar-refractivity contribution in [3.8, 4) is 22.4 Å². The van der Waals surface area contributed by atoms with Crippen LogP contribution in [0.4, 0.5) is 16.6 Å². The van der Waals surface area contributed by atoms with E-state index in [0.717, 1.165) is 37.6 Å². The monoisotopic (exact) mass is 980 g/mol. The second-order valence-corrected chi connectivity index (χ2v) is 18.9. The maximum atomic E-state index is 13.3. The maximum absolute atomic E-state index is 13.3. The van der Waals surface area contributed by atoms with Gasteiger partial charge >= 0.3 is 0 Å². The number of carbonyl (C=O) groups is 7. The van der Waals surface area contributed by atoms with E-state index in [1.54, 1.807) is 18.3 Å². The van der Waals surface area contributed by atoms with Gasteiger partial charge in [0.1, 0.15) is 11.9 Å². The van der Waals surface area contributed by atoms with Crippen molar-refractivity contribution in [2.75, 3.05) is 87.5 Å². The standard InChI is InChI=1S/C46H48N10O11S2/c1-69(64,65)55-15-11-32(27-55)42(60)49-26-39(58)52-46-50-35(28-68-46)31-5-2-4-29(24-31)30-10-13-48-37(25-30)53-16-18-54(19-17-53)40(59)12-20-66-22-23-67-21-14-47-34-7-3-6-33-41(34)45(63)56(44(33)62)36-8-9-38(57)51-43(36)61/h2-7,10-11,13,15,24-25,27-28,36,47H,8-9,12,14,16-23,26H2,1H3,(H,49,60)(H,50,52,58)(H,51,57,61). The Bertz CT molecular complexity index is 2910. The molecule has 21 nitrogen and oxygen atoms in total. The van der Waals surface area contributed by atoms with Gasteiger partial charge in [0.2, 0.25) is 33.7 Å². The van der Waals surface area contributed by atoms with Crippen LogP contribution in [-0.2, 0) is 38.7 Å². The van der Waals surface area contributed by atoms with Gasteiger partial charge in [-0.1, -0.05) is 24.3 Å². The summed E-state index contributed by atoms with van der Waals surface area (Å²) >= 11 is 1.24. The topological polar surface area (TPSA) is 261 Å². The number of ether oxygens (including phenoxy) is 2. The summed E-state index contributed by atoms with van der Waals surface area (Å²) in [5.74, 6) is -2.57. The molecule has 1 unspecified atom stereocenters. The number of anilines is 3. The summed E-state index contributed by atoms with van der Waals surface area (Å²) in [5.41, 5.74) is 4.27. The Balaban J connectivity index is 0.722. The number of aromatic nitrogens is 3. The molecule has 0 spiro atoms. The number of fused-ring (bicyclic) bond motifs is 1. The van der Waals surface area contributed by atoms with Crippen LogP contribution in [-0.4, -0.2) is 152 Å². The van der Waals surface area contributed by atoms with Crippen molar-refractivity contribution in [3.05, 3.63) is 101 Å². The van der Waals surface area contributed by atoms with Crippen molar-refractivity contribution in [3.63, 3.8) is 0 Å². The van der Waals surface area contributed by atoms with E-state index in [4.69, 9.17) is 9.47 Å². The van der Waals surface area contributed by atoms with Crippen LogP contribution < -0.4 is 26.2 Å². The summed E-state index contributed by atoms with van der Waals surface area (Å²) in [6, 6.07) is 16.9. The van der Waals surface area contributed by atoms with E-state index < -0.39 is 51.5 Å². The molecule has 5 aromatic rings. The number of piperazine rings is 1. The summed E-state index contributed by atoms with van der Waals surface area (Å²) in [4.78, 5) is 102. The Morgan fingerprint density at radius 1 is 0.884 bits per heavy atom. The molecule has 69 heavy (non-hydrogen) atoms. The minimum atomic E-state index is -3.54. The zero-order valence-electron chi connectivity index (χ0n) is 37.3. The van der Waals surface area contributed by atoms with E-state index in [0.29, 0.717) is 49.2 Å². The molecule has 3 aromatic heterocycles. The summed E-state index contributed by atoms with van der Waals surface area (Å²) in [7, 11) is -3.54. The first kappa shape index (κ1) is 48.1. The van der Waals surface area contributed by atoms with Crippen LogP contribution in [0.2, 0.25) is 0 Å². The average Bonchev–Trinajstić information content (AvgIpc) is 4.10. The number of hydrogen-bond acceptors (Lipinski definition) is 16. The summed E-state index contributed by atoms with van der Waals surface area (Å²) in [5, 5.41) is 12.7. The molecule has 7 amide bonds. The van der Waals surface area contributed by atoms with Crippen LogP contribution in [0.1, 0.15) is 50.3 Å². The van der Waals surface area contributed by atoms with Crippen LogP contribution in [0.25, 0.3) is 22.4 Å². The maximum Gasteiger partial charge on any atom is 0.264 e. The molecule has 3 aliphatic rings. The van der Waals surface area contributed by atoms with E-state index in [9.17, 15) is 42.0 Å². The molecule has 1 atom stereocenters. The lowest BCUT2D eigenvalue weighted by molar-refractivity contribution is -0.136. The summed E-state index contributed by atoms with van der Waals surface area (Å²) in [6.45, 7) is 3.34. The third kappa shape index (κ3) is 11.5. The highest BCUT2D eigenvalue weighted by Gasteiger charge is 2.45. The van der Waals surface area contributed by atoms with Crippen LogP contribution in [0.3, 0.4) is 0 Å². The van der Waals surface area contributed by atoms with Gasteiger partial charge in [-0.05, 0) is 53.9 Å². The second kappa shape index (κ2) is 21.3. The van der Waals surface area contributed by atoms with Crippen molar-refractivity contribution >= 4 is 79.3 Å². The zero-order chi connectivity index (χ0) is 48.7. The highest BCUT2D eigenvalue weighted by Crippen LogP contribution is 2.33. The number of hydrogen-bond donors (Lipinski definition) is 4. The highest BCUT2D eigenvalue weighted by atomic mass is 32.2. The fourth-order valence-electron chi connectivity index (χ4n) is 7.98. The van der Waals surface area contributed by atoms with Crippen molar-refractivity contribution < 1.29 is 51.5 Å². The molecule has 2 fully saturated rings. The largest absolute Gasteiger partial charge is 0.382 e. The lowest BCUT2D eigenvalue weighted by Gasteiger charge is -2.35. The Morgan fingerprint density at radius 3 is 2.41 bits per heavy atom. The van der Waals surface area contributed by atoms with Gasteiger partial charge in [0.25, 0.3) is 17.7 Å². The molecule has 0 radical (unpaired) electrons. The fraction of sp³-hybridized carbons (Fsp3) is 0.326. The molecule has 2 saturated heterocycles. The molecule has 360 valence electrons. The number of amides is 7. The minimum absolute atomic E-state index is 0.00550. The van der Waals surface area contributed by atoms with Crippen molar-refractivity contribution in [1.29, 1.82) is 0 Å². The lowest BCUT2D eigenvalue weighted by Crippen LogP contribution is -2.54. The van der Waals surface area contributed by atoms with E-state index in [1.807, 2.05) is 46.7 Å². The summed E-state index contributed by atoms with van der Waals surface area (Å²) < 4.78 is 35.6. The van der Waals surface area contributed by atoms with Crippen LogP contribution in [0, 0.1) is 0 Å². The van der Waals surface area contributed by atoms with Gasteiger partial charge in [0.05, 0.1) is 68.0 Å². The molecule has 3 aliphatic heterocycles. The smallest absolute Gasteiger partial charge is 0.264 e. The number of nitrogens with one attached hydrogen (secondary N) is 4. The Hall–Kier alpha value is -7.34. The van der Waals surface area contributed by atoms with Gasteiger partial charge in [-0.25, -0.2) is 18.4 Å². The molecule has 4 N–H and O–H groups in total. The number of imide groups is 2. The van der Waals surface area contributed by atoms with Crippen molar-refractivity contribution in [2.24, 2.45) is 0 Å². The van der Waals surface area contributed by atoms with Gasteiger partial charge in [0.15, 0.2) is 5.13 Å². The molecule has 0 bridgehead atoms. The van der Waals surface area contributed by atoms with Crippen molar-refractivity contribution in [2.45, 2.75) is 25.3 Å². The Kier molecular flexibility index (Phi) is 14.9. The first-order chi connectivity index (χ1) is 33.2. The van der Waals surface area contributed by atoms with Crippen molar-refractivity contribution in [1.82, 2.24) is 34.4 Å². The third-order valence-corrected chi connectivity index (χ3v) is 13.3. The number of carbonyl (C=O) groups excluding carboxylic acids is 7. The van der Waals surface area contributed by atoms with Gasteiger partial charge in [-0.15, -0.1) is 11.3 Å². The molecular formula is C46H48N10O11S2. The van der Waals surface area contributed by atoms with Crippen LogP contribution in [0.15, 0.2) is 84.6 Å². The third-order valence-electron chi connectivity index (χ3n) is 11.5. The van der Waals surface area contributed by atoms with E-state index in [2.05, 4.69) is 36.1 Å². The Labute approximate surface area is 400 Å². The van der Waals surface area contributed by atoms with E-state index >= 15 is 0 Å². The molecule has 0 saturated carbocycles. The SMILES string of the molecule is CS(=O)(=O)n1ccc(C(=O)NCC(=O)Nc2nc(-c3cccc(-c4ccnc(N5CCN(C(=O)CCOCCOCCNc6cccc7c6C(=O)N(C6CCC(=O)NC6=O)C7=O)CC5)c4)c3)cs2)c1. The molecule has 6 heterocycles. The van der Waals surface area contributed by atoms with Gasteiger partial charge < -0.3 is 35.2 Å². The molecular weight excluding hydrogens is 933 g/mol. The average molecular weight is 981 g/mol. The van der Waals surface area contributed by atoms with E-state index in [-0.39, 0.29) is 74.8 Å². The number of nitrogens with zero attached hydrogens (tertiary/aromatic N) is 6. The van der Waals surface area contributed by atoms with Gasteiger partial charge in [-0.2, -0.15) is 0 Å². The quantitative estimate of drug-likeness (QED) is 0.0685. The molecule has 8 rings (SSSR count). The second-order valence-electron chi connectivity index (χ2n) is 16.2. The zero-order valence-corrected chi connectivity index (χ0v) is 39.0.